The van der Waals surface area contributed by atoms with E-state index in [1.165, 1.54) is 12.8 Å². The van der Waals surface area contributed by atoms with E-state index in [9.17, 15) is 4.79 Å². The maximum Gasteiger partial charge on any atom is 0.266 e. The number of aromatic amines is 1. The number of hydrogen-bond acceptors (Lipinski definition) is 8. The van der Waals surface area contributed by atoms with Gasteiger partial charge in [-0.05, 0) is 44.6 Å². The molecule has 5 heterocycles. The summed E-state index contributed by atoms with van der Waals surface area (Å²) in [6.07, 6.45) is 6.04. The van der Waals surface area contributed by atoms with Gasteiger partial charge in [0.1, 0.15) is 16.9 Å². The number of piperidine rings is 1. The molecule has 0 unspecified atom stereocenters. The summed E-state index contributed by atoms with van der Waals surface area (Å²) in [7, 11) is 1.76. The van der Waals surface area contributed by atoms with Gasteiger partial charge in [-0.25, -0.2) is 4.98 Å². The number of fused-ring (bicyclic) bond motifs is 1. The molecule has 10 nitrogen and oxygen atoms in total. The van der Waals surface area contributed by atoms with Gasteiger partial charge in [-0.3, -0.25) is 14.5 Å². The molecule has 2 atom stereocenters. The lowest BCUT2D eigenvalue weighted by Crippen LogP contribution is -2.51. The fourth-order valence-corrected chi connectivity index (χ4v) is 5.73. The maximum absolute atomic E-state index is 13.5. The number of nitrogens with two attached hydrogens (primary N) is 1. The number of ether oxygens (including phenoxy) is 1. The normalized spacial score (nSPS) is 23.9. The van der Waals surface area contributed by atoms with Crippen LogP contribution in [-0.2, 0) is 11.8 Å². The predicted molar refractivity (Wildman–Crippen MR) is 136 cm³/mol. The van der Waals surface area contributed by atoms with E-state index in [1.807, 2.05) is 6.92 Å². The Morgan fingerprint density at radius 3 is 2.80 bits per heavy atom. The van der Waals surface area contributed by atoms with Gasteiger partial charge >= 0.3 is 0 Å². The van der Waals surface area contributed by atoms with Crippen LogP contribution in [0.3, 0.4) is 0 Å². The molecular formula is C24H31ClN8O2. The van der Waals surface area contributed by atoms with Gasteiger partial charge in [0.25, 0.3) is 5.56 Å². The Kier molecular flexibility index (Phi) is 5.50. The van der Waals surface area contributed by atoms with Crippen molar-refractivity contribution in [2.75, 3.05) is 36.5 Å². The minimum absolute atomic E-state index is 0.00336. The van der Waals surface area contributed by atoms with Crippen LogP contribution in [0.2, 0.25) is 5.02 Å². The van der Waals surface area contributed by atoms with Gasteiger partial charge in [0.05, 0.1) is 17.7 Å². The standard InChI is InChI=1S/C24H31ClN8O2/c1-13-19(26)24(12-35-13)6-9-33(10-7-24)23-29-20-16(22(34)32(23)2)18(30-31-20)15-5-8-27-21(17(15)25)28-11-14-3-4-14/h5,8,13-14,19H,3-4,6-7,9-12,26H2,1-2H3,(H,27,28)(H,30,31)/t13-,19+/m0/s1. The highest BCUT2D eigenvalue weighted by atomic mass is 35.5. The van der Waals surface area contributed by atoms with Crippen LogP contribution in [0.25, 0.3) is 22.3 Å². The number of anilines is 2. The number of halogens is 1. The van der Waals surface area contributed by atoms with Gasteiger partial charge in [0.2, 0.25) is 5.95 Å². The first-order chi connectivity index (χ1) is 16.9. The van der Waals surface area contributed by atoms with Crippen molar-refractivity contribution in [3.8, 4) is 11.3 Å². The van der Waals surface area contributed by atoms with Gasteiger partial charge < -0.3 is 20.7 Å². The molecule has 2 saturated heterocycles. The third kappa shape index (κ3) is 3.78. The second-order valence-electron chi connectivity index (χ2n) is 10.3. The fourth-order valence-electron chi connectivity index (χ4n) is 5.47. The SMILES string of the molecule is C[C@@H]1OCC2(CCN(c3nc4[nH]nc(-c5ccnc(NCC6CC6)c5Cl)c4c(=O)n3C)CC2)[C@@H]1N. The summed E-state index contributed by atoms with van der Waals surface area (Å²) >= 11 is 6.69. The number of H-pyrrole nitrogens is 1. The molecule has 3 aliphatic rings. The molecule has 3 aromatic heterocycles. The summed E-state index contributed by atoms with van der Waals surface area (Å²) in [5.41, 5.74) is 7.91. The highest BCUT2D eigenvalue weighted by Crippen LogP contribution is 2.42. The minimum atomic E-state index is -0.163. The molecule has 1 saturated carbocycles. The summed E-state index contributed by atoms with van der Waals surface area (Å²) in [5.74, 6) is 1.92. The van der Waals surface area contributed by atoms with E-state index in [0.29, 0.717) is 51.6 Å². The van der Waals surface area contributed by atoms with Crippen LogP contribution >= 0.6 is 11.6 Å². The van der Waals surface area contributed by atoms with Crippen molar-refractivity contribution < 1.29 is 4.74 Å². The molecule has 1 spiro atoms. The van der Waals surface area contributed by atoms with Crippen LogP contribution in [-0.4, -0.2) is 63.1 Å². The molecule has 0 amide bonds. The molecule has 0 bridgehead atoms. The number of hydrogen-bond donors (Lipinski definition) is 3. The van der Waals surface area contributed by atoms with E-state index < -0.39 is 0 Å². The summed E-state index contributed by atoms with van der Waals surface area (Å²) < 4.78 is 7.45. The highest BCUT2D eigenvalue weighted by molar-refractivity contribution is 6.36. The third-order valence-corrected chi connectivity index (χ3v) is 8.45. The first-order valence-corrected chi connectivity index (χ1v) is 12.7. The van der Waals surface area contributed by atoms with Gasteiger partial charge in [-0.1, -0.05) is 11.6 Å². The van der Waals surface area contributed by atoms with Crippen LogP contribution in [0.5, 0.6) is 0 Å². The average Bonchev–Trinajstić information content (AvgIpc) is 3.54. The van der Waals surface area contributed by atoms with E-state index in [-0.39, 0.29) is 23.1 Å². The van der Waals surface area contributed by atoms with E-state index in [1.54, 1.807) is 23.9 Å². The summed E-state index contributed by atoms with van der Waals surface area (Å²) in [6.45, 7) is 5.12. The van der Waals surface area contributed by atoms with Crippen molar-refractivity contribution >= 4 is 34.4 Å². The molecule has 186 valence electrons. The Hall–Kier alpha value is -2.69. The van der Waals surface area contributed by atoms with Crippen LogP contribution in [0, 0.1) is 11.3 Å². The van der Waals surface area contributed by atoms with Gasteiger partial charge in [-0.15, -0.1) is 0 Å². The molecule has 2 aliphatic heterocycles. The lowest BCUT2D eigenvalue weighted by molar-refractivity contribution is 0.0973. The molecular weight excluding hydrogens is 468 g/mol. The van der Waals surface area contributed by atoms with Crippen molar-refractivity contribution in [3.05, 3.63) is 27.6 Å². The first kappa shape index (κ1) is 22.8. The van der Waals surface area contributed by atoms with E-state index in [2.05, 4.69) is 25.4 Å². The Morgan fingerprint density at radius 1 is 1.34 bits per heavy atom. The highest BCUT2D eigenvalue weighted by Gasteiger charge is 2.47. The van der Waals surface area contributed by atoms with Gasteiger partial charge in [0.15, 0.2) is 5.65 Å². The van der Waals surface area contributed by atoms with Crippen molar-refractivity contribution in [2.45, 2.75) is 44.8 Å². The summed E-state index contributed by atoms with van der Waals surface area (Å²) in [4.78, 5) is 24.9. The monoisotopic (exact) mass is 498 g/mol. The Balaban J connectivity index is 1.31. The third-order valence-electron chi connectivity index (χ3n) is 8.07. The molecule has 0 radical (unpaired) electrons. The average molecular weight is 499 g/mol. The maximum atomic E-state index is 13.5. The van der Waals surface area contributed by atoms with Crippen molar-refractivity contribution in [3.63, 3.8) is 0 Å². The smallest absolute Gasteiger partial charge is 0.266 e. The van der Waals surface area contributed by atoms with Crippen molar-refractivity contribution in [2.24, 2.45) is 24.1 Å². The number of rotatable bonds is 5. The quantitative estimate of drug-likeness (QED) is 0.489. The number of aromatic nitrogens is 5. The Labute approximate surface area is 208 Å². The van der Waals surface area contributed by atoms with Crippen molar-refractivity contribution in [1.82, 2.24) is 24.7 Å². The zero-order valence-electron chi connectivity index (χ0n) is 20.1. The van der Waals surface area contributed by atoms with Crippen LogP contribution in [0.15, 0.2) is 17.1 Å². The fraction of sp³-hybridized carbons (Fsp3) is 0.583. The topological polar surface area (TPSA) is 127 Å². The van der Waals surface area contributed by atoms with E-state index >= 15 is 0 Å². The zero-order chi connectivity index (χ0) is 24.3. The van der Waals surface area contributed by atoms with E-state index in [4.69, 9.17) is 27.1 Å². The molecule has 0 aromatic carbocycles. The summed E-state index contributed by atoms with van der Waals surface area (Å²) in [5, 5.41) is 11.6. The largest absolute Gasteiger partial charge is 0.376 e. The molecule has 1 aliphatic carbocycles. The van der Waals surface area contributed by atoms with Gasteiger partial charge in [-0.2, -0.15) is 10.1 Å². The first-order valence-electron chi connectivity index (χ1n) is 12.3. The second-order valence-corrected chi connectivity index (χ2v) is 10.7. The van der Waals surface area contributed by atoms with Crippen molar-refractivity contribution in [1.29, 1.82) is 0 Å². The van der Waals surface area contributed by atoms with Crippen LogP contribution in [0.4, 0.5) is 11.8 Å². The lowest BCUT2D eigenvalue weighted by atomic mass is 9.73. The minimum Gasteiger partial charge on any atom is -0.376 e. The van der Waals surface area contributed by atoms with E-state index in [0.717, 1.165) is 32.5 Å². The molecule has 3 aromatic rings. The Bertz CT molecular complexity index is 1330. The number of pyridine rings is 1. The predicted octanol–water partition coefficient (Wildman–Crippen LogP) is 2.53. The number of nitrogens with zero attached hydrogens (tertiary/aromatic N) is 5. The van der Waals surface area contributed by atoms with Crippen LogP contribution in [0.1, 0.15) is 32.6 Å². The molecule has 35 heavy (non-hydrogen) atoms. The van der Waals surface area contributed by atoms with Crippen LogP contribution < -0.4 is 21.5 Å². The molecule has 4 N–H and O–H groups in total. The molecule has 3 fully saturated rings. The summed E-state index contributed by atoms with van der Waals surface area (Å²) in [6, 6.07) is 1.82. The zero-order valence-corrected chi connectivity index (χ0v) is 20.8. The molecule has 11 heteroatoms. The Morgan fingerprint density at radius 2 is 2.11 bits per heavy atom. The second kappa shape index (κ2) is 8.46. The number of nitrogens with one attached hydrogen (secondary N) is 2. The lowest BCUT2D eigenvalue weighted by Gasteiger charge is -2.41. The van der Waals surface area contributed by atoms with Gasteiger partial charge in [0, 0.05) is 49.9 Å². The molecule has 6 rings (SSSR count).